The van der Waals surface area contributed by atoms with Crippen LogP contribution < -0.4 is 5.32 Å². The first-order chi connectivity index (χ1) is 9.16. The fraction of sp³-hybridized carbons (Fsp3) is 0.0714. The Labute approximate surface area is 109 Å². The van der Waals surface area contributed by atoms with Gasteiger partial charge in [-0.3, -0.25) is 9.78 Å². The lowest BCUT2D eigenvalue weighted by atomic mass is 10.1. The number of hydrogen-bond donors (Lipinski definition) is 2. The van der Waals surface area contributed by atoms with Crippen molar-refractivity contribution in [3.05, 3.63) is 59.9 Å². The number of nitrogens with zero attached hydrogens (tertiary/aromatic N) is 1. The van der Waals surface area contributed by atoms with Gasteiger partial charge in [0.15, 0.2) is 0 Å². The lowest BCUT2D eigenvalue weighted by Gasteiger charge is -2.07. The van der Waals surface area contributed by atoms with E-state index < -0.39 is 5.97 Å². The number of carbonyl (C=O) groups is 2. The van der Waals surface area contributed by atoms with Crippen LogP contribution in [-0.4, -0.2) is 22.0 Å². The summed E-state index contributed by atoms with van der Waals surface area (Å²) >= 11 is 0. The molecule has 0 saturated heterocycles. The average Bonchev–Trinajstić information content (AvgIpc) is 2.40. The quantitative estimate of drug-likeness (QED) is 0.876. The van der Waals surface area contributed by atoms with Crippen LogP contribution in [-0.2, 0) is 11.2 Å². The van der Waals surface area contributed by atoms with E-state index in [1.54, 1.807) is 42.6 Å². The van der Waals surface area contributed by atoms with Crippen molar-refractivity contribution in [1.29, 1.82) is 0 Å². The normalized spacial score (nSPS) is 9.89. The van der Waals surface area contributed by atoms with Gasteiger partial charge in [-0.2, -0.15) is 0 Å². The van der Waals surface area contributed by atoms with E-state index in [-0.39, 0.29) is 23.6 Å². The number of pyridine rings is 1. The van der Waals surface area contributed by atoms with Gasteiger partial charge in [0.2, 0.25) is 5.91 Å². The van der Waals surface area contributed by atoms with Crippen LogP contribution in [0.3, 0.4) is 0 Å². The molecule has 0 bridgehead atoms. The summed E-state index contributed by atoms with van der Waals surface area (Å²) in [6.45, 7) is 0. The standard InChI is InChI=1S/C14H12N2O3/c17-13(9-10-5-3-4-8-15-10)16-12-7-2-1-6-11(12)14(18)19/h1-8H,9H2,(H,16,17)(H,18,19). The highest BCUT2D eigenvalue weighted by Crippen LogP contribution is 2.15. The molecule has 0 saturated carbocycles. The molecule has 2 rings (SSSR count). The Morgan fingerprint density at radius 1 is 1.11 bits per heavy atom. The number of aromatic nitrogens is 1. The van der Waals surface area contributed by atoms with E-state index in [9.17, 15) is 9.59 Å². The third-order valence-corrected chi connectivity index (χ3v) is 2.50. The largest absolute Gasteiger partial charge is 0.478 e. The lowest BCUT2D eigenvalue weighted by Crippen LogP contribution is -2.17. The van der Waals surface area contributed by atoms with Crippen molar-refractivity contribution < 1.29 is 14.7 Å². The van der Waals surface area contributed by atoms with Crippen LogP contribution in [0.25, 0.3) is 0 Å². The topological polar surface area (TPSA) is 79.3 Å². The number of rotatable bonds is 4. The van der Waals surface area contributed by atoms with Crippen molar-refractivity contribution in [2.24, 2.45) is 0 Å². The third kappa shape index (κ3) is 3.38. The van der Waals surface area contributed by atoms with Crippen LogP contribution >= 0.6 is 0 Å². The van der Waals surface area contributed by atoms with Gasteiger partial charge in [0.25, 0.3) is 0 Å². The van der Waals surface area contributed by atoms with Gasteiger partial charge in [-0.15, -0.1) is 0 Å². The first-order valence-corrected chi connectivity index (χ1v) is 5.69. The van der Waals surface area contributed by atoms with Crippen molar-refractivity contribution in [1.82, 2.24) is 4.98 Å². The van der Waals surface area contributed by atoms with E-state index in [1.807, 2.05) is 0 Å². The molecule has 1 amide bonds. The number of benzene rings is 1. The third-order valence-electron chi connectivity index (χ3n) is 2.50. The number of carboxylic acid groups (broad SMARTS) is 1. The van der Waals surface area contributed by atoms with Crippen LogP contribution in [0.4, 0.5) is 5.69 Å². The SMILES string of the molecule is O=C(Cc1ccccn1)Nc1ccccc1C(=O)O. The van der Waals surface area contributed by atoms with Crippen molar-refractivity contribution >= 4 is 17.6 Å². The second kappa shape index (κ2) is 5.77. The molecule has 0 aliphatic rings. The van der Waals surface area contributed by atoms with E-state index in [2.05, 4.69) is 10.3 Å². The fourth-order valence-electron chi connectivity index (χ4n) is 1.64. The molecule has 1 heterocycles. The zero-order valence-electron chi connectivity index (χ0n) is 10.0. The van der Waals surface area contributed by atoms with Gasteiger partial charge in [-0.05, 0) is 24.3 Å². The maximum Gasteiger partial charge on any atom is 0.337 e. The molecule has 96 valence electrons. The first-order valence-electron chi connectivity index (χ1n) is 5.69. The highest BCUT2D eigenvalue weighted by molar-refractivity contribution is 6.00. The Morgan fingerprint density at radius 3 is 2.53 bits per heavy atom. The monoisotopic (exact) mass is 256 g/mol. The molecule has 1 aromatic heterocycles. The van der Waals surface area contributed by atoms with Gasteiger partial charge < -0.3 is 10.4 Å². The molecular weight excluding hydrogens is 244 g/mol. The summed E-state index contributed by atoms with van der Waals surface area (Å²) < 4.78 is 0. The summed E-state index contributed by atoms with van der Waals surface area (Å²) in [6.07, 6.45) is 1.71. The van der Waals surface area contributed by atoms with E-state index >= 15 is 0 Å². The summed E-state index contributed by atoms with van der Waals surface area (Å²) in [4.78, 5) is 26.9. The Hall–Kier alpha value is -2.69. The smallest absolute Gasteiger partial charge is 0.337 e. The number of carboxylic acids is 1. The van der Waals surface area contributed by atoms with Crippen molar-refractivity contribution in [3.8, 4) is 0 Å². The number of hydrogen-bond acceptors (Lipinski definition) is 3. The Kier molecular flexibility index (Phi) is 3.87. The maximum absolute atomic E-state index is 11.8. The molecular formula is C14H12N2O3. The minimum absolute atomic E-state index is 0.0665. The zero-order valence-corrected chi connectivity index (χ0v) is 10.0. The van der Waals surface area contributed by atoms with Crippen LogP contribution in [0.15, 0.2) is 48.7 Å². The van der Waals surface area contributed by atoms with Crippen molar-refractivity contribution in [2.45, 2.75) is 6.42 Å². The van der Waals surface area contributed by atoms with Gasteiger partial charge in [0.05, 0.1) is 17.7 Å². The van der Waals surface area contributed by atoms with E-state index in [0.29, 0.717) is 5.69 Å². The van der Waals surface area contributed by atoms with Gasteiger partial charge >= 0.3 is 5.97 Å². The summed E-state index contributed by atoms with van der Waals surface area (Å²) in [5.41, 5.74) is 0.987. The Morgan fingerprint density at radius 2 is 1.84 bits per heavy atom. The van der Waals surface area contributed by atoms with Gasteiger partial charge in [-0.25, -0.2) is 4.79 Å². The molecule has 5 heteroatoms. The van der Waals surface area contributed by atoms with Crippen LogP contribution in [0, 0.1) is 0 Å². The second-order valence-electron chi connectivity index (χ2n) is 3.90. The van der Waals surface area contributed by atoms with Gasteiger partial charge in [0.1, 0.15) is 0 Å². The molecule has 0 fully saturated rings. The van der Waals surface area contributed by atoms with Crippen LogP contribution in [0.5, 0.6) is 0 Å². The van der Waals surface area contributed by atoms with Gasteiger partial charge in [0, 0.05) is 11.9 Å². The van der Waals surface area contributed by atoms with Crippen molar-refractivity contribution in [3.63, 3.8) is 0 Å². The lowest BCUT2D eigenvalue weighted by molar-refractivity contribution is -0.115. The van der Waals surface area contributed by atoms with E-state index in [4.69, 9.17) is 5.11 Å². The van der Waals surface area contributed by atoms with E-state index in [0.717, 1.165) is 0 Å². The molecule has 2 N–H and O–H groups in total. The number of anilines is 1. The van der Waals surface area contributed by atoms with Crippen LogP contribution in [0.2, 0.25) is 0 Å². The molecule has 0 spiro atoms. The zero-order chi connectivity index (χ0) is 13.7. The first kappa shape index (κ1) is 12.8. The molecule has 0 aliphatic carbocycles. The van der Waals surface area contributed by atoms with Crippen molar-refractivity contribution in [2.75, 3.05) is 5.32 Å². The highest BCUT2D eigenvalue weighted by atomic mass is 16.4. The average molecular weight is 256 g/mol. The molecule has 2 aromatic rings. The molecule has 0 aliphatic heterocycles. The molecule has 1 aromatic carbocycles. The number of amides is 1. The van der Waals surface area contributed by atoms with E-state index in [1.165, 1.54) is 6.07 Å². The molecule has 0 unspecified atom stereocenters. The molecule has 5 nitrogen and oxygen atoms in total. The number of aromatic carboxylic acids is 1. The minimum atomic E-state index is -1.08. The summed E-state index contributed by atoms with van der Waals surface area (Å²) in [5, 5.41) is 11.6. The summed E-state index contributed by atoms with van der Waals surface area (Å²) in [5.74, 6) is -1.37. The second-order valence-corrected chi connectivity index (χ2v) is 3.90. The Balaban J connectivity index is 2.09. The fourth-order valence-corrected chi connectivity index (χ4v) is 1.64. The van der Waals surface area contributed by atoms with Gasteiger partial charge in [-0.1, -0.05) is 18.2 Å². The number of nitrogens with one attached hydrogen (secondary N) is 1. The summed E-state index contributed by atoms with van der Waals surface area (Å²) in [6, 6.07) is 11.6. The number of carbonyl (C=O) groups excluding carboxylic acids is 1. The highest BCUT2D eigenvalue weighted by Gasteiger charge is 2.12. The molecule has 19 heavy (non-hydrogen) atoms. The number of para-hydroxylation sites is 1. The Bertz CT molecular complexity index is 597. The molecule has 0 radical (unpaired) electrons. The predicted octanol–water partition coefficient (Wildman–Crippen LogP) is 1.96. The maximum atomic E-state index is 11.8. The summed E-state index contributed by atoms with van der Waals surface area (Å²) in [7, 11) is 0. The predicted molar refractivity (Wildman–Crippen MR) is 70.0 cm³/mol. The minimum Gasteiger partial charge on any atom is -0.478 e. The molecule has 0 atom stereocenters. The van der Waals surface area contributed by atoms with Crippen LogP contribution in [0.1, 0.15) is 16.1 Å².